The van der Waals surface area contributed by atoms with Gasteiger partial charge in [0.25, 0.3) is 0 Å². The Morgan fingerprint density at radius 3 is 2.75 bits per heavy atom. The van der Waals surface area contributed by atoms with Crippen LogP contribution in [0.15, 0.2) is 0 Å². The Morgan fingerprint density at radius 2 is 2.00 bits per heavy atom. The van der Waals surface area contributed by atoms with Crippen molar-refractivity contribution in [3.05, 3.63) is 0 Å². The van der Waals surface area contributed by atoms with Gasteiger partial charge in [0.1, 0.15) is 0 Å². The van der Waals surface area contributed by atoms with Crippen molar-refractivity contribution in [2.45, 2.75) is 50.8 Å². The van der Waals surface area contributed by atoms with Gasteiger partial charge < -0.3 is 15.0 Å². The van der Waals surface area contributed by atoms with Crippen molar-refractivity contribution in [1.82, 2.24) is 15.1 Å². The first-order valence-corrected chi connectivity index (χ1v) is 8.12. The smallest absolute Gasteiger partial charge is 0.240 e. The van der Waals surface area contributed by atoms with E-state index in [9.17, 15) is 4.79 Å². The normalized spacial score (nSPS) is 36.2. The minimum atomic E-state index is 0.128. The number of carbonyl (C=O) groups is 1. The Balaban J connectivity index is 1.63. The molecule has 3 rings (SSSR count). The van der Waals surface area contributed by atoms with Crippen LogP contribution in [-0.2, 0) is 9.53 Å². The molecule has 0 aromatic heterocycles. The van der Waals surface area contributed by atoms with Crippen LogP contribution in [0, 0.1) is 0 Å². The third-order valence-corrected chi connectivity index (χ3v) is 4.93. The van der Waals surface area contributed by atoms with Gasteiger partial charge in [-0.15, -0.1) is 0 Å². The second kappa shape index (κ2) is 6.41. The van der Waals surface area contributed by atoms with Crippen LogP contribution in [0.2, 0.25) is 0 Å². The number of amides is 1. The molecule has 3 heterocycles. The highest BCUT2D eigenvalue weighted by molar-refractivity contribution is 5.82. The highest BCUT2D eigenvalue weighted by Gasteiger charge is 2.38. The molecule has 0 aromatic rings. The minimum absolute atomic E-state index is 0.128. The summed E-state index contributed by atoms with van der Waals surface area (Å²) in [7, 11) is 0. The van der Waals surface area contributed by atoms with Gasteiger partial charge in [0.05, 0.1) is 12.1 Å². The number of carbonyl (C=O) groups excluding carboxylic acids is 1. The van der Waals surface area contributed by atoms with E-state index in [-0.39, 0.29) is 6.04 Å². The van der Waals surface area contributed by atoms with E-state index >= 15 is 0 Å². The van der Waals surface area contributed by atoms with Crippen molar-refractivity contribution in [1.29, 1.82) is 0 Å². The Bertz CT molecular complexity index is 344. The highest BCUT2D eigenvalue weighted by atomic mass is 16.5. The molecule has 5 nitrogen and oxygen atoms in total. The molecule has 0 bridgehead atoms. The van der Waals surface area contributed by atoms with Crippen LogP contribution in [0.5, 0.6) is 0 Å². The summed E-state index contributed by atoms with van der Waals surface area (Å²) < 4.78 is 5.65. The summed E-state index contributed by atoms with van der Waals surface area (Å²) in [6.07, 6.45) is 4.69. The Labute approximate surface area is 121 Å². The largest absolute Gasteiger partial charge is 0.378 e. The molecule has 0 aromatic carbocycles. The molecule has 3 saturated heterocycles. The molecule has 1 amide bonds. The lowest BCUT2D eigenvalue weighted by Gasteiger charge is -2.39. The maximum atomic E-state index is 12.8. The summed E-state index contributed by atoms with van der Waals surface area (Å²) in [5.74, 6) is 0.364. The lowest BCUT2D eigenvalue weighted by molar-refractivity contribution is -0.138. The maximum Gasteiger partial charge on any atom is 0.240 e. The van der Waals surface area contributed by atoms with Gasteiger partial charge in [0.15, 0.2) is 0 Å². The zero-order valence-corrected chi connectivity index (χ0v) is 12.5. The van der Waals surface area contributed by atoms with Crippen LogP contribution in [0.1, 0.15) is 32.6 Å². The molecular formula is C15H27N3O2. The lowest BCUT2D eigenvalue weighted by atomic mass is 10.0. The van der Waals surface area contributed by atoms with Crippen LogP contribution in [0.25, 0.3) is 0 Å². The summed E-state index contributed by atoms with van der Waals surface area (Å²) in [6, 6.07) is 0.668. The topological polar surface area (TPSA) is 44.8 Å². The van der Waals surface area contributed by atoms with Crippen molar-refractivity contribution in [2.75, 3.05) is 39.3 Å². The minimum Gasteiger partial charge on any atom is -0.378 e. The number of nitrogens with one attached hydrogen (secondary N) is 1. The number of nitrogens with zero attached hydrogens (tertiary/aromatic N) is 2. The van der Waals surface area contributed by atoms with Gasteiger partial charge in [-0.1, -0.05) is 0 Å². The molecule has 3 aliphatic rings. The molecule has 3 unspecified atom stereocenters. The number of likely N-dealkylation sites (tertiary alicyclic amines) is 1. The summed E-state index contributed by atoms with van der Waals surface area (Å²) in [5.41, 5.74) is 0. The Morgan fingerprint density at radius 1 is 1.20 bits per heavy atom. The molecule has 3 atom stereocenters. The molecule has 5 heteroatoms. The van der Waals surface area contributed by atoms with Gasteiger partial charge in [-0.2, -0.15) is 0 Å². The van der Waals surface area contributed by atoms with Gasteiger partial charge in [-0.3, -0.25) is 9.69 Å². The van der Waals surface area contributed by atoms with Crippen molar-refractivity contribution in [3.8, 4) is 0 Å². The number of rotatable bonds is 2. The predicted molar refractivity (Wildman–Crippen MR) is 77.6 cm³/mol. The molecule has 0 aliphatic carbocycles. The zero-order valence-electron chi connectivity index (χ0n) is 12.5. The van der Waals surface area contributed by atoms with Gasteiger partial charge in [0, 0.05) is 38.8 Å². The number of piperazine rings is 1. The molecular weight excluding hydrogens is 254 g/mol. The van der Waals surface area contributed by atoms with E-state index in [1.54, 1.807) is 0 Å². The first kappa shape index (κ1) is 14.3. The molecule has 0 radical (unpaired) electrons. The zero-order chi connectivity index (χ0) is 13.9. The summed E-state index contributed by atoms with van der Waals surface area (Å²) in [6.45, 7) is 7.69. The maximum absolute atomic E-state index is 12.8. The average molecular weight is 281 g/mol. The summed E-state index contributed by atoms with van der Waals surface area (Å²) in [5, 5.41) is 3.32. The van der Waals surface area contributed by atoms with E-state index in [1.165, 1.54) is 0 Å². The average Bonchev–Trinajstić information content (AvgIpc) is 2.97. The SMILES string of the molecule is CC1CC(N2CCCC2C(=O)N2CCNCC2)CCO1. The van der Waals surface area contributed by atoms with Gasteiger partial charge >= 0.3 is 0 Å². The van der Waals surface area contributed by atoms with E-state index in [0.29, 0.717) is 18.1 Å². The first-order valence-electron chi connectivity index (χ1n) is 8.12. The van der Waals surface area contributed by atoms with Crippen LogP contribution in [-0.4, -0.2) is 73.2 Å². The van der Waals surface area contributed by atoms with Crippen LogP contribution < -0.4 is 5.32 Å². The quantitative estimate of drug-likeness (QED) is 0.798. The molecule has 0 spiro atoms. The molecule has 20 heavy (non-hydrogen) atoms. The van der Waals surface area contributed by atoms with E-state index in [4.69, 9.17) is 4.74 Å². The van der Waals surface area contributed by atoms with E-state index < -0.39 is 0 Å². The van der Waals surface area contributed by atoms with Crippen molar-refractivity contribution in [3.63, 3.8) is 0 Å². The number of hydrogen-bond acceptors (Lipinski definition) is 4. The van der Waals surface area contributed by atoms with E-state index in [1.807, 2.05) is 0 Å². The molecule has 114 valence electrons. The summed E-state index contributed by atoms with van der Waals surface area (Å²) in [4.78, 5) is 17.3. The highest BCUT2D eigenvalue weighted by Crippen LogP contribution is 2.28. The molecule has 1 N–H and O–H groups in total. The lowest BCUT2D eigenvalue weighted by Crippen LogP contribution is -2.55. The van der Waals surface area contributed by atoms with E-state index in [2.05, 4.69) is 22.0 Å². The van der Waals surface area contributed by atoms with Gasteiger partial charge in [0.2, 0.25) is 5.91 Å². The van der Waals surface area contributed by atoms with Crippen LogP contribution in [0.3, 0.4) is 0 Å². The van der Waals surface area contributed by atoms with Crippen molar-refractivity contribution in [2.24, 2.45) is 0 Å². The molecule has 0 saturated carbocycles. The number of hydrogen-bond donors (Lipinski definition) is 1. The fraction of sp³-hybridized carbons (Fsp3) is 0.933. The van der Waals surface area contributed by atoms with E-state index in [0.717, 1.165) is 65.0 Å². The third kappa shape index (κ3) is 3.00. The standard InChI is InChI=1S/C15H27N3O2/c1-12-11-13(4-10-20-12)18-7-2-3-14(18)15(19)17-8-5-16-6-9-17/h12-14,16H,2-11H2,1H3. The van der Waals surface area contributed by atoms with Crippen molar-refractivity contribution < 1.29 is 9.53 Å². The third-order valence-electron chi connectivity index (χ3n) is 4.93. The van der Waals surface area contributed by atoms with Crippen LogP contribution >= 0.6 is 0 Å². The van der Waals surface area contributed by atoms with Gasteiger partial charge in [-0.05, 0) is 39.2 Å². The predicted octanol–water partition coefficient (Wildman–Crippen LogP) is 0.450. The monoisotopic (exact) mass is 281 g/mol. The fourth-order valence-corrected chi connectivity index (χ4v) is 3.86. The van der Waals surface area contributed by atoms with Gasteiger partial charge in [-0.25, -0.2) is 0 Å². The Hall–Kier alpha value is -0.650. The second-order valence-corrected chi connectivity index (χ2v) is 6.33. The Kier molecular flexibility index (Phi) is 4.58. The summed E-state index contributed by atoms with van der Waals surface area (Å²) >= 11 is 0. The molecule has 3 aliphatic heterocycles. The number of ether oxygens (including phenoxy) is 1. The van der Waals surface area contributed by atoms with Crippen LogP contribution in [0.4, 0.5) is 0 Å². The second-order valence-electron chi connectivity index (χ2n) is 6.33. The van der Waals surface area contributed by atoms with Crippen molar-refractivity contribution >= 4 is 5.91 Å². The first-order chi connectivity index (χ1) is 9.75. The molecule has 3 fully saturated rings. The fourth-order valence-electron chi connectivity index (χ4n) is 3.86.